The number of aromatic nitrogens is 2. The van der Waals surface area contributed by atoms with Crippen molar-refractivity contribution in [3.63, 3.8) is 0 Å². The zero-order valence-corrected chi connectivity index (χ0v) is 13.2. The Bertz CT molecular complexity index is 688. The number of fused-ring (bicyclic) bond motifs is 1. The fourth-order valence-electron chi connectivity index (χ4n) is 3.67. The van der Waals surface area contributed by atoms with Crippen molar-refractivity contribution in [2.24, 2.45) is 5.92 Å². The number of carbonyl (C=O) groups excluding carboxylic acids is 1. The predicted octanol–water partition coefficient (Wildman–Crippen LogP) is 3.05. The molecule has 2 aliphatic rings. The van der Waals surface area contributed by atoms with Crippen molar-refractivity contribution in [2.75, 3.05) is 5.32 Å². The molecule has 2 aromatic rings. The Morgan fingerprint density at radius 3 is 2.78 bits per heavy atom. The third-order valence-electron chi connectivity index (χ3n) is 4.93. The number of nitrogens with one attached hydrogen (secondary N) is 2. The summed E-state index contributed by atoms with van der Waals surface area (Å²) in [5.74, 6) is 1.04. The summed E-state index contributed by atoms with van der Waals surface area (Å²) in [7, 11) is 0. The number of carbonyl (C=O) groups is 1. The lowest BCUT2D eigenvalue weighted by Crippen LogP contribution is -2.22. The van der Waals surface area contributed by atoms with Gasteiger partial charge in [-0.25, -0.2) is 0 Å². The number of rotatable bonds is 4. The van der Waals surface area contributed by atoms with Gasteiger partial charge in [0, 0.05) is 31.1 Å². The molecule has 0 atom stereocenters. The standard InChI is InChI=1S/C18H22N4O/c23-18(14-8-4-5-9-14)19-17-15-11-22(12-16(15)20-21-17)10-13-6-2-1-3-7-13/h1-3,6-7,14H,4-5,8-12H2,(H2,19,20,21,23). The summed E-state index contributed by atoms with van der Waals surface area (Å²) in [5, 5.41) is 10.4. The summed E-state index contributed by atoms with van der Waals surface area (Å²) in [6, 6.07) is 10.5. The lowest BCUT2D eigenvalue weighted by Gasteiger charge is -2.15. The molecule has 0 unspecified atom stereocenters. The average Bonchev–Trinajstić information content (AvgIpc) is 3.27. The van der Waals surface area contributed by atoms with Crippen LogP contribution in [0.15, 0.2) is 30.3 Å². The van der Waals surface area contributed by atoms with Crippen LogP contribution in [0, 0.1) is 5.92 Å². The van der Waals surface area contributed by atoms with E-state index < -0.39 is 0 Å². The number of H-pyrrole nitrogens is 1. The van der Waals surface area contributed by atoms with Gasteiger partial charge in [0.2, 0.25) is 5.91 Å². The average molecular weight is 310 g/mol. The third-order valence-corrected chi connectivity index (χ3v) is 4.93. The largest absolute Gasteiger partial charge is 0.309 e. The number of hydrogen-bond acceptors (Lipinski definition) is 3. The van der Waals surface area contributed by atoms with Gasteiger partial charge < -0.3 is 5.32 Å². The van der Waals surface area contributed by atoms with Crippen molar-refractivity contribution >= 4 is 11.7 Å². The van der Waals surface area contributed by atoms with Gasteiger partial charge in [-0.1, -0.05) is 43.2 Å². The van der Waals surface area contributed by atoms with E-state index in [4.69, 9.17) is 0 Å². The van der Waals surface area contributed by atoms with Crippen molar-refractivity contribution in [1.82, 2.24) is 15.1 Å². The first-order valence-corrected chi connectivity index (χ1v) is 8.43. The van der Waals surface area contributed by atoms with Crippen LogP contribution in [0.4, 0.5) is 5.82 Å². The van der Waals surface area contributed by atoms with Gasteiger partial charge in [-0.3, -0.25) is 14.8 Å². The van der Waals surface area contributed by atoms with Gasteiger partial charge in [-0.2, -0.15) is 5.10 Å². The minimum absolute atomic E-state index is 0.137. The first kappa shape index (κ1) is 14.5. The highest BCUT2D eigenvalue weighted by atomic mass is 16.2. The zero-order valence-electron chi connectivity index (χ0n) is 13.2. The maximum absolute atomic E-state index is 12.3. The molecule has 1 saturated carbocycles. The summed E-state index contributed by atoms with van der Waals surface area (Å²) in [4.78, 5) is 14.7. The van der Waals surface area contributed by atoms with Crippen molar-refractivity contribution < 1.29 is 4.79 Å². The number of nitrogens with zero attached hydrogens (tertiary/aromatic N) is 2. The molecule has 1 aliphatic heterocycles. The second-order valence-electron chi connectivity index (χ2n) is 6.63. The molecule has 4 rings (SSSR count). The summed E-state index contributed by atoms with van der Waals surface area (Å²) in [5.41, 5.74) is 3.58. The van der Waals surface area contributed by atoms with Crippen LogP contribution < -0.4 is 5.32 Å². The third kappa shape index (κ3) is 3.01. The second kappa shape index (κ2) is 6.16. The Balaban J connectivity index is 1.41. The number of amides is 1. The van der Waals surface area contributed by atoms with Crippen LogP contribution in [0.2, 0.25) is 0 Å². The van der Waals surface area contributed by atoms with Gasteiger partial charge in [0.15, 0.2) is 5.82 Å². The molecule has 1 amide bonds. The minimum Gasteiger partial charge on any atom is -0.309 e. The zero-order chi connectivity index (χ0) is 15.6. The summed E-state index contributed by atoms with van der Waals surface area (Å²) in [6.45, 7) is 2.61. The van der Waals surface area contributed by atoms with Crippen molar-refractivity contribution in [1.29, 1.82) is 0 Å². The Morgan fingerprint density at radius 1 is 1.22 bits per heavy atom. The number of benzene rings is 1. The highest BCUT2D eigenvalue weighted by Gasteiger charge is 2.28. The van der Waals surface area contributed by atoms with E-state index in [0.29, 0.717) is 0 Å². The van der Waals surface area contributed by atoms with Crippen LogP contribution in [-0.4, -0.2) is 21.0 Å². The van der Waals surface area contributed by atoms with Crippen LogP contribution >= 0.6 is 0 Å². The maximum Gasteiger partial charge on any atom is 0.228 e. The molecule has 0 saturated heterocycles. The number of anilines is 1. The molecular weight excluding hydrogens is 288 g/mol. The van der Waals surface area contributed by atoms with Crippen LogP contribution in [0.1, 0.15) is 42.5 Å². The normalized spacial score (nSPS) is 18.3. The van der Waals surface area contributed by atoms with E-state index in [2.05, 4.69) is 44.7 Å². The summed E-state index contributed by atoms with van der Waals surface area (Å²) >= 11 is 0. The Morgan fingerprint density at radius 2 is 2.00 bits per heavy atom. The van der Waals surface area contributed by atoms with Crippen LogP contribution in [0.5, 0.6) is 0 Å². The van der Waals surface area contributed by atoms with Crippen molar-refractivity contribution in [3.05, 3.63) is 47.2 Å². The van der Waals surface area contributed by atoms with Crippen molar-refractivity contribution in [2.45, 2.75) is 45.3 Å². The molecule has 5 heteroatoms. The van der Waals surface area contributed by atoms with Crippen LogP contribution in [-0.2, 0) is 24.4 Å². The van der Waals surface area contributed by atoms with Gasteiger partial charge in [0.25, 0.3) is 0 Å². The molecule has 0 spiro atoms. The highest BCUT2D eigenvalue weighted by molar-refractivity contribution is 5.92. The lowest BCUT2D eigenvalue weighted by molar-refractivity contribution is -0.119. The Labute approximate surface area is 136 Å². The van der Waals surface area contributed by atoms with E-state index in [1.54, 1.807) is 0 Å². The molecule has 0 radical (unpaired) electrons. The molecule has 1 aromatic carbocycles. The predicted molar refractivity (Wildman–Crippen MR) is 88.6 cm³/mol. The first-order valence-electron chi connectivity index (χ1n) is 8.43. The topological polar surface area (TPSA) is 61.0 Å². The quantitative estimate of drug-likeness (QED) is 0.912. The fourth-order valence-corrected chi connectivity index (χ4v) is 3.67. The molecule has 120 valence electrons. The molecule has 2 N–H and O–H groups in total. The molecule has 23 heavy (non-hydrogen) atoms. The van der Waals surface area contributed by atoms with Crippen LogP contribution in [0.3, 0.4) is 0 Å². The van der Waals surface area contributed by atoms with E-state index in [0.717, 1.165) is 49.6 Å². The van der Waals surface area contributed by atoms with Gasteiger partial charge in [0.1, 0.15) is 0 Å². The molecule has 5 nitrogen and oxygen atoms in total. The van der Waals surface area contributed by atoms with Gasteiger partial charge in [-0.05, 0) is 18.4 Å². The van der Waals surface area contributed by atoms with Gasteiger partial charge >= 0.3 is 0 Å². The smallest absolute Gasteiger partial charge is 0.228 e. The van der Waals surface area contributed by atoms with Gasteiger partial charge in [0.05, 0.1) is 5.69 Å². The van der Waals surface area contributed by atoms with E-state index in [-0.39, 0.29) is 11.8 Å². The Kier molecular flexibility index (Phi) is 3.87. The fraction of sp³-hybridized carbons (Fsp3) is 0.444. The van der Waals surface area contributed by atoms with E-state index in [1.165, 1.54) is 18.4 Å². The van der Waals surface area contributed by atoms with E-state index in [9.17, 15) is 4.79 Å². The lowest BCUT2D eigenvalue weighted by atomic mass is 10.1. The molecule has 1 aromatic heterocycles. The monoisotopic (exact) mass is 310 g/mol. The minimum atomic E-state index is 0.137. The molecular formula is C18H22N4O. The van der Waals surface area contributed by atoms with E-state index in [1.807, 2.05) is 6.07 Å². The molecule has 0 bridgehead atoms. The molecule has 1 fully saturated rings. The highest BCUT2D eigenvalue weighted by Crippen LogP contribution is 2.30. The number of aromatic amines is 1. The van der Waals surface area contributed by atoms with Gasteiger partial charge in [-0.15, -0.1) is 0 Å². The molecule has 1 aliphatic carbocycles. The number of hydrogen-bond donors (Lipinski definition) is 2. The van der Waals surface area contributed by atoms with Crippen LogP contribution in [0.25, 0.3) is 0 Å². The second-order valence-corrected chi connectivity index (χ2v) is 6.63. The first-order chi connectivity index (χ1) is 11.3. The van der Waals surface area contributed by atoms with E-state index >= 15 is 0 Å². The summed E-state index contributed by atoms with van der Waals surface area (Å²) < 4.78 is 0. The van der Waals surface area contributed by atoms with Crippen molar-refractivity contribution in [3.8, 4) is 0 Å². The summed E-state index contributed by atoms with van der Waals surface area (Å²) in [6.07, 6.45) is 4.36. The SMILES string of the molecule is O=C(Nc1n[nH]c2c1CN(Cc1ccccc1)C2)C1CCCC1. The molecule has 2 heterocycles. The Hall–Kier alpha value is -2.14. The maximum atomic E-state index is 12.3.